The fourth-order valence-corrected chi connectivity index (χ4v) is 2.33. The summed E-state index contributed by atoms with van der Waals surface area (Å²) >= 11 is 0. The summed E-state index contributed by atoms with van der Waals surface area (Å²) in [5.74, 6) is -0.283. The second-order valence-electron chi connectivity index (χ2n) is 6.47. The van der Waals surface area contributed by atoms with Crippen LogP contribution in [0.5, 0.6) is 0 Å². The third-order valence-electron chi connectivity index (χ3n) is 3.74. The molecular weight excluding hydrogens is 330 g/mol. The lowest BCUT2D eigenvalue weighted by atomic mass is 10.1. The molecule has 0 aliphatic heterocycles. The van der Waals surface area contributed by atoms with Gasteiger partial charge in [-0.05, 0) is 50.6 Å². The minimum absolute atomic E-state index is 0.0417. The van der Waals surface area contributed by atoms with Gasteiger partial charge in [-0.3, -0.25) is 4.79 Å². The molecule has 0 fully saturated rings. The Balaban J connectivity index is 1.87. The van der Waals surface area contributed by atoms with E-state index < -0.39 is 6.10 Å². The molecule has 4 N–H and O–H groups in total. The lowest BCUT2D eigenvalue weighted by molar-refractivity contribution is 0.0916. The van der Waals surface area contributed by atoms with Crippen molar-refractivity contribution in [2.24, 2.45) is 0 Å². The van der Waals surface area contributed by atoms with Crippen LogP contribution in [0.25, 0.3) is 0 Å². The summed E-state index contributed by atoms with van der Waals surface area (Å²) in [5.41, 5.74) is 2.92. The molecule has 0 spiro atoms. The Bertz CT molecular complexity index is 740. The van der Waals surface area contributed by atoms with Crippen molar-refractivity contribution in [3.05, 3.63) is 65.2 Å². The first kappa shape index (κ1) is 19.5. The van der Waals surface area contributed by atoms with E-state index in [-0.39, 0.29) is 24.5 Å². The fourth-order valence-electron chi connectivity index (χ4n) is 2.33. The van der Waals surface area contributed by atoms with Crippen molar-refractivity contribution >= 4 is 17.6 Å². The van der Waals surface area contributed by atoms with E-state index in [0.717, 1.165) is 11.1 Å². The molecule has 1 atom stereocenters. The first-order valence-corrected chi connectivity index (χ1v) is 8.55. The summed E-state index contributed by atoms with van der Waals surface area (Å²) in [6.07, 6.45) is -0.764. The minimum Gasteiger partial charge on any atom is -0.387 e. The summed E-state index contributed by atoms with van der Waals surface area (Å²) in [6, 6.07) is 13.8. The molecule has 0 radical (unpaired) electrons. The quantitative estimate of drug-likeness (QED) is 0.642. The number of aliphatic hydroxyl groups excluding tert-OH is 1. The number of hydrogen-bond donors (Lipinski definition) is 4. The molecule has 2 aromatic carbocycles. The largest absolute Gasteiger partial charge is 0.387 e. The van der Waals surface area contributed by atoms with Crippen LogP contribution in [-0.4, -0.2) is 29.6 Å². The highest BCUT2D eigenvalue weighted by Crippen LogP contribution is 2.13. The Morgan fingerprint density at radius 2 is 1.62 bits per heavy atom. The van der Waals surface area contributed by atoms with E-state index in [1.165, 1.54) is 0 Å². The molecule has 1 unspecified atom stereocenters. The minimum atomic E-state index is -0.764. The maximum atomic E-state index is 12.2. The van der Waals surface area contributed by atoms with Crippen LogP contribution in [0.15, 0.2) is 48.5 Å². The first-order valence-electron chi connectivity index (χ1n) is 8.55. The van der Waals surface area contributed by atoms with E-state index in [9.17, 15) is 14.7 Å². The average Bonchev–Trinajstić information content (AvgIpc) is 2.60. The predicted octanol–water partition coefficient (Wildman–Crippen LogP) is 2.99. The third-order valence-corrected chi connectivity index (χ3v) is 3.74. The van der Waals surface area contributed by atoms with Gasteiger partial charge in [-0.15, -0.1) is 0 Å². The topological polar surface area (TPSA) is 90.5 Å². The third kappa shape index (κ3) is 5.89. The van der Waals surface area contributed by atoms with Gasteiger partial charge < -0.3 is 21.1 Å². The molecule has 0 aliphatic rings. The smallest absolute Gasteiger partial charge is 0.319 e. The van der Waals surface area contributed by atoms with Gasteiger partial charge in [-0.2, -0.15) is 0 Å². The van der Waals surface area contributed by atoms with Crippen LogP contribution in [0, 0.1) is 6.92 Å². The number of nitrogens with one attached hydrogen (secondary N) is 3. The summed E-state index contributed by atoms with van der Waals surface area (Å²) in [5, 5.41) is 18.3. The van der Waals surface area contributed by atoms with Crippen LogP contribution < -0.4 is 16.0 Å². The SMILES string of the molecule is Cc1ccc(C(O)CNC(=O)c2ccc(NC(=O)NC(C)C)cc2)cc1. The molecule has 2 aromatic rings. The summed E-state index contributed by atoms with van der Waals surface area (Å²) in [7, 11) is 0. The van der Waals surface area contributed by atoms with Gasteiger partial charge in [-0.1, -0.05) is 29.8 Å². The molecule has 0 heterocycles. The number of carbonyl (C=O) groups is 2. The average molecular weight is 355 g/mol. The maximum absolute atomic E-state index is 12.2. The van der Waals surface area contributed by atoms with Gasteiger partial charge in [0.2, 0.25) is 0 Å². The van der Waals surface area contributed by atoms with Crippen molar-refractivity contribution in [2.75, 3.05) is 11.9 Å². The fraction of sp³-hybridized carbons (Fsp3) is 0.300. The Hall–Kier alpha value is -2.86. The van der Waals surface area contributed by atoms with Crippen molar-refractivity contribution in [1.29, 1.82) is 0 Å². The van der Waals surface area contributed by atoms with Crippen molar-refractivity contribution in [2.45, 2.75) is 32.9 Å². The molecule has 0 aliphatic carbocycles. The normalized spacial score (nSPS) is 11.7. The Morgan fingerprint density at radius 1 is 1.00 bits per heavy atom. The zero-order valence-corrected chi connectivity index (χ0v) is 15.2. The lowest BCUT2D eigenvalue weighted by Gasteiger charge is -2.13. The van der Waals surface area contributed by atoms with Crippen molar-refractivity contribution in [3.63, 3.8) is 0 Å². The van der Waals surface area contributed by atoms with E-state index in [1.807, 2.05) is 45.0 Å². The molecule has 0 saturated heterocycles. The molecule has 0 aromatic heterocycles. The zero-order chi connectivity index (χ0) is 19.1. The van der Waals surface area contributed by atoms with Gasteiger partial charge in [0.15, 0.2) is 0 Å². The summed E-state index contributed by atoms with van der Waals surface area (Å²) < 4.78 is 0. The van der Waals surface area contributed by atoms with Gasteiger partial charge in [0.25, 0.3) is 5.91 Å². The number of rotatable bonds is 6. The van der Waals surface area contributed by atoms with Crippen LogP contribution in [0.3, 0.4) is 0 Å². The Morgan fingerprint density at radius 3 is 2.19 bits per heavy atom. The van der Waals surface area contributed by atoms with Crippen molar-refractivity contribution in [1.82, 2.24) is 10.6 Å². The molecule has 0 saturated carbocycles. The van der Waals surface area contributed by atoms with Crippen LogP contribution in [0.4, 0.5) is 10.5 Å². The monoisotopic (exact) mass is 355 g/mol. The molecular formula is C20H25N3O3. The van der Waals surface area contributed by atoms with Crippen LogP contribution in [0.1, 0.15) is 41.4 Å². The molecule has 2 rings (SSSR count). The number of anilines is 1. The standard InChI is InChI=1S/C20H25N3O3/c1-13(2)22-20(26)23-17-10-8-16(9-11-17)19(25)21-12-18(24)15-6-4-14(3)5-7-15/h4-11,13,18,24H,12H2,1-3H3,(H,21,25)(H2,22,23,26). The van der Waals surface area contributed by atoms with Crippen LogP contribution in [-0.2, 0) is 0 Å². The number of hydrogen-bond acceptors (Lipinski definition) is 3. The second-order valence-corrected chi connectivity index (χ2v) is 6.47. The van der Waals surface area contributed by atoms with E-state index in [0.29, 0.717) is 11.3 Å². The number of amides is 3. The van der Waals surface area contributed by atoms with Crippen molar-refractivity contribution in [3.8, 4) is 0 Å². The number of benzene rings is 2. The van der Waals surface area contributed by atoms with Gasteiger partial charge in [-0.25, -0.2) is 4.79 Å². The molecule has 0 bridgehead atoms. The van der Waals surface area contributed by atoms with E-state index >= 15 is 0 Å². The number of carbonyl (C=O) groups excluding carboxylic acids is 2. The predicted molar refractivity (Wildman–Crippen MR) is 102 cm³/mol. The first-order chi connectivity index (χ1) is 12.3. The Labute approximate surface area is 153 Å². The molecule has 6 nitrogen and oxygen atoms in total. The van der Waals surface area contributed by atoms with Gasteiger partial charge in [0.1, 0.15) is 0 Å². The summed E-state index contributed by atoms with van der Waals surface area (Å²) in [4.78, 5) is 23.8. The zero-order valence-electron chi connectivity index (χ0n) is 15.2. The van der Waals surface area contributed by atoms with Gasteiger partial charge in [0, 0.05) is 23.8 Å². The van der Waals surface area contributed by atoms with E-state index in [4.69, 9.17) is 0 Å². The van der Waals surface area contributed by atoms with E-state index in [1.54, 1.807) is 24.3 Å². The molecule has 3 amide bonds. The van der Waals surface area contributed by atoms with E-state index in [2.05, 4.69) is 16.0 Å². The highest BCUT2D eigenvalue weighted by atomic mass is 16.3. The molecule has 26 heavy (non-hydrogen) atoms. The second kappa shape index (κ2) is 9.01. The highest BCUT2D eigenvalue weighted by Gasteiger charge is 2.11. The molecule has 138 valence electrons. The Kier molecular flexibility index (Phi) is 6.74. The van der Waals surface area contributed by atoms with Crippen molar-refractivity contribution < 1.29 is 14.7 Å². The number of aliphatic hydroxyl groups is 1. The number of aryl methyl sites for hydroxylation is 1. The maximum Gasteiger partial charge on any atom is 0.319 e. The lowest BCUT2D eigenvalue weighted by Crippen LogP contribution is -2.34. The highest BCUT2D eigenvalue weighted by molar-refractivity contribution is 5.95. The van der Waals surface area contributed by atoms with Gasteiger partial charge in [0.05, 0.1) is 6.10 Å². The van der Waals surface area contributed by atoms with Crippen LogP contribution >= 0.6 is 0 Å². The summed E-state index contributed by atoms with van der Waals surface area (Å²) in [6.45, 7) is 5.84. The number of urea groups is 1. The molecule has 6 heteroatoms. The van der Waals surface area contributed by atoms with Gasteiger partial charge >= 0.3 is 6.03 Å². The van der Waals surface area contributed by atoms with Crippen LogP contribution in [0.2, 0.25) is 0 Å².